The number of hydrogen-bond donors (Lipinski definition) is 1. The normalized spacial score (nSPS) is 15.8. The monoisotopic (exact) mass is 188 g/mol. The van der Waals surface area contributed by atoms with Crippen molar-refractivity contribution in [3.63, 3.8) is 0 Å². The summed E-state index contributed by atoms with van der Waals surface area (Å²) < 4.78 is 0. The molecule has 1 aliphatic carbocycles. The number of aliphatic hydroxyl groups is 1. The summed E-state index contributed by atoms with van der Waals surface area (Å²) in [7, 11) is 0. The van der Waals surface area contributed by atoms with E-state index in [2.05, 4.69) is 18.2 Å². The molecule has 0 saturated heterocycles. The number of hydrogen-bond acceptors (Lipinski definition) is 1. The average Bonchev–Trinajstić information content (AvgIpc) is 2.26. The molecule has 14 heavy (non-hydrogen) atoms. The summed E-state index contributed by atoms with van der Waals surface area (Å²) in [4.78, 5) is 0. The molecule has 0 bridgehead atoms. The summed E-state index contributed by atoms with van der Waals surface area (Å²) in [6.45, 7) is 0.122. The van der Waals surface area contributed by atoms with Gasteiger partial charge in [-0.2, -0.15) is 0 Å². The number of fused-ring (bicyclic) bond motifs is 1. The number of aryl methyl sites for hydroxylation is 2. The van der Waals surface area contributed by atoms with Crippen molar-refractivity contribution in [2.24, 2.45) is 0 Å². The van der Waals surface area contributed by atoms with Crippen LogP contribution in [0.1, 0.15) is 29.5 Å². The van der Waals surface area contributed by atoms with Crippen LogP contribution in [0.25, 0.3) is 6.08 Å². The fourth-order valence-corrected chi connectivity index (χ4v) is 2.05. The Bertz CT molecular complexity index is 339. The Morgan fingerprint density at radius 2 is 1.93 bits per heavy atom. The molecule has 1 nitrogen and oxygen atoms in total. The van der Waals surface area contributed by atoms with Crippen LogP contribution in [-0.4, -0.2) is 11.7 Å². The molecule has 0 amide bonds. The van der Waals surface area contributed by atoms with Gasteiger partial charge in [-0.05, 0) is 42.4 Å². The fourth-order valence-electron chi connectivity index (χ4n) is 2.05. The van der Waals surface area contributed by atoms with Gasteiger partial charge in [-0.1, -0.05) is 30.4 Å². The van der Waals surface area contributed by atoms with Gasteiger partial charge in [0, 0.05) is 0 Å². The molecule has 0 aliphatic heterocycles. The molecule has 0 spiro atoms. The van der Waals surface area contributed by atoms with Gasteiger partial charge in [0.05, 0.1) is 6.61 Å². The van der Waals surface area contributed by atoms with Gasteiger partial charge < -0.3 is 5.11 Å². The van der Waals surface area contributed by atoms with Crippen LogP contribution in [0.4, 0.5) is 0 Å². The van der Waals surface area contributed by atoms with Crippen LogP contribution in [0, 0.1) is 0 Å². The van der Waals surface area contributed by atoms with E-state index in [0.29, 0.717) is 0 Å². The van der Waals surface area contributed by atoms with Crippen molar-refractivity contribution in [2.75, 3.05) is 6.61 Å². The lowest BCUT2D eigenvalue weighted by Gasteiger charge is -2.15. The quantitative estimate of drug-likeness (QED) is 0.756. The topological polar surface area (TPSA) is 20.2 Å². The first kappa shape index (κ1) is 9.47. The minimum Gasteiger partial charge on any atom is -0.392 e. The SMILES string of the molecule is OCC=Cc1ccc2c(c1)CCCC2. The summed E-state index contributed by atoms with van der Waals surface area (Å²) >= 11 is 0. The Morgan fingerprint density at radius 3 is 2.71 bits per heavy atom. The second kappa shape index (κ2) is 4.43. The van der Waals surface area contributed by atoms with Crippen molar-refractivity contribution in [3.8, 4) is 0 Å². The molecule has 1 aromatic rings. The molecule has 0 aromatic heterocycles. The van der Waals surface area contributed by atoms with E-state index >= 15 is 0 Å². The van der Waals surface area contributed by atoms with Crippen molar-refractivity contribution in [3.05, 3.63) is 41.0 Å². The first-order chi connectivity index (χ1) is 6.90. The van der Waals surface area contributed by atoms with Crippen LogP contribution in [0.2, 0.25) is 0 Å². The zero-order valence-corrected chi connectivity index (χ0v) is 8.37. The van der Waals surface area contributed by atoms with Gasteiger partial charge in [-0.15, -0.1) is 0 Å². The summed E-state index contributed by atoms with van der Waals surface area (Å²) in [5, 5.41) is 8.68. The van der Waals surface area contributed by atoms with Gasteiger partial charge in [0.25, 0.3) is 0 Å². The largest absolute Gasteiger partial charge is 0.392 e. The molecule has 0 radical (unpaired) electrons. The van der Waals surface area contributed by atoms with Crippen LogP contribution in [0.15, 0.2) is 24.3 Å². The van der Waals surface area contributed by atoms with Crippen LogP contribution in [-0.2, 0) is 12.8 Å². The fraction of sp³-hybridized carbons (Fsp3) is 0.385. The third kappa shape index (κ3) is 2.05. The van der Waals surface area contributed by atoms with Gasteiger partial charge in [0.15, 0.2) is 0 Å². The van der Waals surface area contributed by atoms with Gasteiger partial charge in [-0.25, -0.2) is 0 Å². The Balaban J connectivity index is 2.24. The van der Waals surface area contributed by atoms with E-state index in [9.17, 15) is 0 Å². The maximum absolute atomic E-state index is 8.68. The second-order valence-electron chi connectivity index (χ2n) is 3.82. The molecule has 1 heteroatoms. The molecule has 74 valence electrons. The molecule has 2 rings (SSSR count). The van der Waals surface area contributed by atoms with E-state index in [1.165, 1.54) is 42.4 Å². The molecule has 0 saturated carbocycles. The van der Waals surface area contributed by atoms with Gasteiger partial charge in [0.2, 0.25) is 0 Å². The van der Waals surface area contributed by atoms with E-state index in [0.717, 1.165) is 0 Å². The zero-order chi connectivity index (χ0) is 9.80. The third-order valence-corrected chi connectivity index (χ3v) is 2.79. The number of benzene rings is 1. The maximum atomic E-state index is 8.68. The lowest BCUT2D eigenvalue weighted by molar-refractivity contribution is 0.343. The standard InChI is InChI=1S/C13H16O/c14-9-3-4-11-7-8-12-5-1-2-6-13(12)10-11/h3-4,7-8,10,14H,1-2,5-6,9H2. The Hall–Kier alpha value is -1.08. The highest BCUT2D eigenvalue weighted by molar-refractivity contribution is 5.52. The van der Waals surface area contributed by atoms with Crippen molar-refractivity contribution >= 4 is 6.08 Å². The number of rotatable bonds is 2. The highest BCUT2D eigenvalue weighted by Crippen LogP contribution is 2.22. The van der Waals surface area contributed by atoms with Crippen LogP contribution < -0.4 is 0 Å². The highest BCUT2D eigenvalue weighted by Gasteiger charge is 2.08. The van der Waals surface area contributed by atoms with Gasteiger partial charge in [0.1, 0.15) is 0 Å². The Labute approximate surface area is 85.1 Å². The summed E-state index contributed by atoms with van der Waals surface area (Å²) in [5.74, 6) is 0. The molecule has 1 aliphatic rings. The lowest BCUT2D eigenvalue weighted by atomic mass is 9.90. The van der Waals surface area contributed by atoms with Gasteiger partial charge >= 0.3 is 0 Å². The van der Waals surface area contributed by atoms with E-state index in [4.69, 9.17) is 5.11 Å². The van der Waals surface area contributed by atoms with Gasteiger partial charge in [-0.3, -0.25) is 0 Å². The molecular weight excluding hydrogens is 172 g/mol. The first-order valence-electron chi connectivity index (χ1n) is 5.29. The summed E-state index contributed by atoms with van der Waals surface area (Å²) in [5.41, 5.74) is 4.22. The molecule has 0 unspecified atom stereocenters. The molecule has 1 N–H and O–H groups in total. The maximum Gasteiger partial charge on any atom is 0.0615 e. The van der Waals surface area contributed by atoms with E-state index in [1.54, 1.807) is 6.08 Å². The van der Waals surface area contributed by atoms with Crippen molar-refractivity contribution < 1.29 is 5.11 Å². The zero-order valence-electron chi connectivity index (χ0n) is 8.37. The van der Waals surface area contributed by atoms with Crippen LogP contribution >= 0.6 is 0 Å². The predicted molar refractivity (Wildman–Crippen MR) is 59.2 cm³/mol. The first-order valence-corrected chi connectivity index (χ1v) is 5.29. The second-order valence-corrected chi connectivity index (χ2v) is 3.82. The third-order valence-electron chi connectivity index (χ3n) is 2.79. The Morgan fingerprint density at radius 1 is 1.14 bits per heavy atom. The molecule has 0 fully saturated rings. The van der Waals surface area contributed by atoms with Crippen LogP contribution in [0.3, 0.4) is 0 Å². The predicted octanol–water partition coefficient (Wildman–Crippen LogP) is 2.57. The van der Waals surface area contributed by atoms with E-state index in [1.807, 2.05) is 6.08 Å². The molecular formula is C13H16O. The summed E-state index contributed by atoms with van der Waals surface area (Å²) in [6, 6.07) is 6.61. The van der Waals surface area contributed by atoms with Crippen molar-refractivity contribution in [1.29, 1.82) is 0 Å². The van der Waals surface area contributed by atoms with Crippen molar-refractivity contribution in [2.45, 2.75) is 25.7 Å². The van der Waals surface area contributed by atoms with Crippen molar-refractivity contribution in [1.82, 2.24) is 0 Å². The molecule has 0 heterocycles. The summed E-state index contributed by atoms with van der Waals surface area (Å²) in [6.07, 6.45) is 8.87. The number of aliphatic hydroxyl groups excluding tert-OH is 1. The minimum atomic E-state index is 0.122. The van der Waals surface area contributed by atoms with E-state index in [-0.39, 0.29) is 6.61 Å². The Kier molecular flexibility index (Phi) is 3.00. The smallest absolute Gasteiger partial charge is 0.0615 e. The minimum absolute atomic E-state index is 0.122. The average molecular weight is 188 g/mol. The molecule has 1 aromatic carbocycles. The lowest BCUT2D eigenvalue weighted by Crippen LogP contribution is -2.02. The highest BCUT2D eigenvalue weighted by atomic mass is 16.2. The van der Waals surface area contributed by atoms with E-state index < -0.39 is 0 Å². The molecule has 0 atom stereocenters. The van der Waals surface area contributed by atoms with Crippen LogP contribution in [0.5, 0.6) is 0 Å².